The zero-order chi connectivity index (χ0) is 36.9. The van der Waals surface area contributed by atoms with Gasteiger partial charge >= 0.3 is 6.03 Å². The molecule has 5 amide bonds. The number of piperidine rings is 1. The second-order valence-electron chi connectivity index (χ2n) is 18.2. The van der Waals surface area contributed by atoms with E-state index in [2.05, 4.69) is 35.1 Å². The standard InChI is InChI=1S/C37H60N6O7S/c1-35(2,3)30(40-34(48)41-37(17-7-6-8-18-37)22-51(49,50)42-19-9-10-20-42)33(47)43-21-25-27(36(25,4)5)28(43)31(45)39-26(16-13-23-11-12-23)29(44)32(46)38-24-14-15-24/h23-28,30H,6-22H2,1-5H3,(H,38,46)(H,39,45)(H2,40,41,48)/t25-,26-,27-,28-,30+/m0/s1. The Morgan fingerprint density at radius 2 is 1.53 bits per heavy atom. The van der Waals surface area contributed by atoms with Crippen LogP contribution in [0, 0.1) is 28.6 Å². The van der Waals surface area contributed by atoms with Crippen molar-refractivity contribution in [3.05, 3.63) is 0 Å². The van der Waals surface area contributed by atoms with Gasteiger partial charge < -0.3 is 26.2 Å². The predicted molar refractivity (Wildman–Crippen MR) is 192 cm³/mol. The fourth-order valence-electron chi connectivity index (χ4n) is 8.95. The molecule has 0 radical (unpaired) electrons. The molecule has 0 aromatic heterocycles. The second kappa shape index (κ2) is 14.2. The highest BCUT2D eigenvalue weighted by molar-refractivity contribution is 7.89. The molecule has 6 fully saturated rings. The zero-order valence-corrected chi connectivity index (χ0v) is 32.0. The Morgan fingerprint density at radius 1 is 0.882 bits per heavy atom. The van der Waals surface area contributed by atoms with E-state index in [1.807, 2.05) is 20.8 Å². The minimum Gasteiger partial charge on any atom is -0.347 e. The van der Waals surface area contributed by atoms with E-state index in [-0.39, 0.29) is 29.0 Å². The molecule has 4 N–H and O–H groups in total. The minimum atomic E-state index is -3.59. The van der Waals surface area contributed by atoms with Crippen molar-refractivity contribution in [1.29, 1.82) is 0 Å². The lowest BCUT2D eigenvalue weighted by Crippen LogP contribution is -2.64. The molecule has 6 rings (SSSR count). The van der Waals surface area contributed by atoms with Crippen molar-refractivity contribution >= 4 is 39.6 Å². The first kappa shape index (κ1) is 38.0. The molecule has 13 nitrogen and oxygen atoms in total. The lowest BCUT2D eigenvalue weighted by atomic mass is 9.83. The summed E-state index contributed by atoms with van der Waals surface area (Å²) in [5, 5.41) is 11.6. The lowest BCUT2D eigenvalue weighted by Gasteiger charge is -2.41. The van der Waals surface area contributed by atoms with Crippen LogP contribution in [0.25, 0.3) is 0 Å². The van der Waals surface area contributed by atoms with Crippen molar-refractivity contribution in [2.24, 2.45) is 28.6 Å². The number of sulfonamides is 1. The monoisotopic (exact) mass is 732 g/mol. The van der Waals surface area contributed by atoms with Gasteiger partial charge in [-0.15, -0.1) is 0 Å². The first-order valence-corrected chi connectivity index (χ1v) is 21.0. The van der Waals surface area contributed by atoms with Crippen molar-refractivity contribution in [2.45, 2.75) is 148 Å². The molecule has 4 saturated carbocycles. The Kier molecular flexibility index (Phi) is 10.6. The van der Waals surface area contributed by atoms with Gasteiger partial charge in [0.25, 0.3) is 5.91 Å². The molecule has 5 atom stereocenters. The van der Waals surface area contributed by atoms with Crippen molar-refractivity contribution in [2.75, 3.05) is 25.4 Å². The number of ketones is 1. The van der Waals surface area contributed by atoms with Crippen molar-refractivity contribution < 1.29 is 32.4 Å². The number of urea groups is 1. The van der Waals surface area contributed by atoms with Crippen molar-refractivity contribution in [3.8, 4) is 0 Å². The molecule has 2 aliphatic heterocycles. The van der Waals surface area contributed by atoms with Crippen LogP contribution >= 0.6 is 0 Å². The van der Waals surface area contributed by atoms with E-state index in [0.29, 0.717) is 44.8 Å². The normalized spacial score (nSPS) is 28.3. The molecule has 51 heavy (non-hydrogen) atoms. The minimum absolute atomic E-state index is 0.0127. The smallest absolute Gasteiger partial charge is 0.315 e. The van der Waals surface area contributed by atoms with Crippen LogP contribution in [0.5, 0.6) is 0 Å². The first-order valence-electron chi connectivity index (χ1n) is 19.4. The van der Waals surface area contributed by atoms with E-state index in [1.165, 1.54) is 4.31 Å². The lowest BCUT2D eigenvalue weighted by molar-refractivity contribution is -0.145. The Morgan fingerprint density at radius 3 is 2.12 bits per heavy atom. The maximum Gasteiger partial charge on any atom is 0.315 e. The third kappa shape index (κ3) is 8.57. The third-order valence-corrected chi connectivity index (χ3v) is 14.7. The van der Waals surface area contributed by atoms with E-state index in [9.17, 15) is 32.4 Å². The molecule has 286 valence electrons. The number of carbonyl (C=O) groups excluding carboxylic acids is 5. The van der Waals surface area contributed by atoms with Gasteiger partial charge in [-0.2, -0.15) is 0 Å². The molecule has 6 aliphatic rings. The quantitative estimate of drug-likeness (QED) is 0.199. The van der Waals surface area contributed by atoms with Gasteiger partial charge in [-0.3, -0.25) is 19.2 Å². The molecule has 0 aromatic carbocycles. The van der Waals surface area contributed by atoms with Crippen LogP contribution in [0.3, 0.4) is 0 Å². The maximum atomic E-state index is 14.5. The SMILES string of the molecule is CC(C)(C)[C@H](NC(=O)NC1(CS(=O)(=O)N2CCCC2)CCCCC1)C(=O)N1C[C@H]2[C@@H]([C@H]1C(=O)N[C@@H](CCC1CC1)C(=O)C(=O)NC1CC1)C2(C)C. The largest absolute Gasteiger partial charge is 0.347 e. The number of nitrogens with zero attached hydrogens (tertiary/aromatic N) is 2. The van der Waals surface area contributed by atoms with Gasteiger partial charge in [0.05, 0.1) is 17.3 Å². The highest BCUT2D eigenvalue weighted by atomic mass is 32.2. The second-order valence-corrected chi connectivity index (χ2v) is 20.2. The summed E-state index contributed by atoms with van der Waals surface area (Å²) in [6, 6.07) is -3.43. The predicted octanol–water partition coefficient (Wildman–Crippen LogP) is 2.83. The van der Waals surface area contributed by atoms with Gasteiger partial charge in [-0.25, -0.2) is 17.5 Å². The summed E-state index contributed by atoms with van der Waals surface area (Å²) in [6.07, 6.45) is 10.2. The van der Waals surface area contributed by atoms with Gasteiger partial charge in [-0.05, 0) is 80.0 Å². The average Bonchev–Trinajstić information content (AvgIpc) is 4.00. The van der Waals surface area contributed by atoms with Gasteiger partial charge in [0, 0.05) is 25.7 Å². The highest BCUT2D eigenvalue weighted by Gasteiger charge is 2.70. The number of fused-ring (bicyclic) bond motifs is 1. The van der Waals surface area contributed by atoms with E-state index in [1.54, 1.807) is 4.90 Å². The van der Waals surface area contributed by atoms with Gasteiger partial charge in [0.1, 0.15) is 12.1 Å². The average molecular weight is 733 g/mol. The molecule has 0 spiro atoms. The van der Waals surface area contributed by atoms with Crippen LogP contribution in [0.2, 0.25) is 0 Å². The van der Waals surface area contributed by atoms with Crippen LogP contribution in [-0.4, -0.2) is 102 Å². The molecular formula is C37H60N6O7S. The molecule has 0 bridgehead atoms. The fourth-order valence-corrected chi connectivity index (χ4v) is 11.0. The highest BCUT2D eigenvalue weighted by Crippen LogP contribution is 2.65. The van der Waals surface area contributed by atoms with Crippen LogP contribution in [0.15, 0.2) is 0 Å². The number of amides is 5. The number of rotatable bonds is 14. The Balaban J connectivity index is 1.17. The van der Waals surface area contributed by atoms with Gasteiger partial charge in [0.2, 0.25) is 27.6 Å². The molecule has 4 aliphatic carbocycles. The summed E-state index contributed by atoms with van der Waals surface area (Å²) >= 11 is 0. The van der Waals surface area contributed by atoms with Crippen LogP contribution < -0.4 is 21.3 Å². The number of hydrogen-bond acceptors (Lipinski definition) is 7. The molecule has 14 heteroatoms. The van der Waals surface area contributed by atoms with Crippen LogP contribution in [0.4, 0.5) is 4.79 Å². The molecular weight excluding hydrogens is 673 g/mol. The fraction of sp³-hybridized carbons (Fsp3) is 0.865. The van der Waals surface area contributed by atoms with Gasteiger partial charge in [0.15, 0.2) is 0 Å². The summed E-state index contributed by atoms with van der Waals surface area (Å²) in [7, 11) is -3.59. The van der Waals surface area contributed by atoms with E-state index in [0.717, 1.165) is 64.2 Å². The van der Waals surface area contributed by atoms with E-state index >= 15 is 0 Å². The molecule has 0 unspecified atom stereocenters. The summed E-state index contributed by atoms with van der Waals surface area (Å²) in [6.45, 7) is 11.0. The number of Topliss-reactive ketones (excluding diaryl/α,β-unsaturated/α-hetero) is 1. The maximum absolute atomic E-state index is 14.5. The van der Waals surface area contributed by atoms with Gasteiger partial charge in [-0.1, -0.05) is 66.7 Å². The molecule has 0 aromatic rings. The number of likely N-dealkylation sites (tertiary alicyclic amines) is 1. The Bertz CT molecular complexity index is 1490. The summed E-state index contributed by atoms with van der Waals surface area (Å²) < 4.78 is 28.4. The summed E-state index contributed by atoms with van der Waals surface area (Å²) in [5.41, 5.74) is -1.88. The zero-order valence-electron chi connectivity index (χ0n) is 31.2. The topological polar surface area (TPSA) is 174 Å². The Labute approximate surface area is 303 Å². The van der Waals surface area contributed by atoms with E-state index in [4.69, 9.17) is 0 Å². The van der Waals surface area contributed by atoms with E-state index < -0.39 is 68.6 Å². The van der Waals surface area contributed by atoms with Crippen LogP contribution in [-0.2, 0) is 29.2 Å². The molecule has 2 heterocycles. The van der Waals surface area contributed by atoms with Crippen LogP contribution in [0.1, 0.15) is 118 Å². The number of nitrogens with one attached hydrogen (secondary N) is 4. The Hall–Kier alpha value is -2.74. The number of hydrogen-bond donors (Lipinski definition) is 4. The summed E-state index contributed by atoms with van der Waals surface area (Å²) in [5.74, 6) is -1.88. The van der Waals surface area contributed by atoms with Crippen molar-refractivity contribution in [3.63, 3.8) is 0 Å². The molecule has 2 saturated heterocycles. The number of carbonyl (C=O) groups is 5. The van der Waals surface area contributed by atoms with Crippen molar-refractivity contribution in [1.82, 2.24) is 30.5 Å². The summed E-state index contributed by atoms with van der Waals surface area (Å²) in [4.78, 5) is 70.3. The first-order chi connectivity index (χ1) is 23.9. The third-order valence-electron chi connectivity index (χ3n) is 12.6.